The number of hydrogen-bond donors (Lipinski definition) is 2. The van der Waals surface area contributed by atoms with Crippen LogP contribution in [0.2, 0.25) is 0 Å². The summed E-state index contributed by atoms with van der Waals surface area (Å²) >= 11 is 0. The Morgan fingerprint density at radius 1 is 0.553 bits per heavy atom. The van der Waals surface area contributed by atoms with Gasteiger partial charge in [-0.1, -0.05) is 92.1 Å². The van der Waals surface area contributed by atoms with Crippen LogP contribution in [0.5, 0.6) is 11.5 Å². The zero-order chi connectivity index (χ0) is 26.2. The Morgan fingerprint density at radius 2 is 1.00 bits per heavy atom. The second-order valence-corrected chi connectivity index (χ2v) is 9.94. The molecule has 0 amide bonds. The maximum Gasteiger partial charge on any atom is 0.127 e. The van der Waals surface area contributed by atoms with Crippen LogP contribution in [0.15, 0.2) is 97.1 Å². The lowest BCUT2D eigenvalue weighted by Gasteiger charge is -2.39. The summed E-state index contributed by atoms with van der Waals surface area (Å²) in [5, 5.41) is 18.8. The van der Waals surface area contributed by atoms with Crippen LogP contribution in [0.25, 0.3) is 22.3 Å². The van der Waals surface area contributed by atoms with Crippen LogP contribution in [0, 0.1) is 0 Å². The minimum absolute atomic E-state index is 0.0210. The highest BCUT2D eigenvalue weighted by Gasteiger charge is 2.37. The molecule has 1 aliphatic rings. The van der Waals surface area contributed by atoms with Crippen molar-refractivity contribution in [2.45, 2.75) is 37.5 Å². The minimum atomic E-state index is -0.129. The highest BCUT2D eigenvalue weighted by molar-refractivity contribution is 5.74. The molecule has 0 saturated heterocycles. The minimum Gasteiger partial charge on any atom is -0.491 e. The second kappa shape index (κ2) is 12.3. The molecular weight excluding hydrogens is 472 g/mol. The van der Waals surface area contributed by atoms with Crippen LogP contribution in [0.4, 0.5) is 0 Å². The van der Waals surface area contributed by atoms with E-state index in [2.05, 4.69) is 60.7 Å². The molecule has 0 aromatic heterocycles. The molecule has 4 aromatic rings. The SMILES string of the molecule is OCCOc1ccc(C2(c3ccc(OCCO)c(-c4ccccc4)c3)CCCCC2)cc1-c1ccccc1. The fraction of sp³-hybridized carbons (Fsp3) is 0.294. The van der Waals surface area contributed by atoms with E-state index < -0.39 is 0 Å². The number of hydrogen-bond acceptors (Lipinski definition) is 4. The zero-order valence-electron chi connectivity index (χ0n) is 21.8. The number of aliphatic hydroxyl groups is 2. The van der Waals surface area contributed by atoms with Gasteiger partial charge in [-0.05, 0) is 59.4 Å². The van der Waals surface area contributed by atoms with Crippen LogP contribution >= 0.6 is 0 Å². The first-order valence-electron chi connectivity index (χ1n) is 13.6. The smallest absolute Gasteiger partial charge is 0.127 e. The van der Waals surface area contributed by atoms with Crippen molar-refractivity contribution in [3.63, 3.8) is 0 Å². The zero-order valence-corrected chi connectivity index (χ0v) is 21.8. The van der Waals surface area contributed by atoms with E-state index in [-0.39, 0.29) is 31.8 Å². The van der Waals surface area contributed by atoms with E-state index in [0.717, 1.165) is 46.6 Å². The van der Waals surface area contributed by atoms with Gasteiger partial charge in [-0.15, -0.1) is 0 Å². The van der Waals surface area contributed by atoms with Gasteiger partial charge in [0.2, 0.25) is 0 Å². The molecule has 38 heavy (non-hydrogen) atoms. The van der Waals surface area contributed by atoms with E-state index in [1.54, 1.807) is 0 Å². The third-order valence-corrected chi connectivity index (χ3v) is 7.64. The summed E-state index contributed by atoms with van der Waals surface area (Å²) in [6.07, 6.45) is 5.74. The molecule has 196 valence electrons. The third-order valence-electron chi connectivity index (χ3n) is 7.64. The van der Waals surface area contributed by atoms with Crippen molar-refractivity contribution in [3.05, 3.63) is 108 Å². The lowest BCUT2D eigenvalue weighted by molar-refractivity contribution is 0.201. The standard InChI is InChI=1S/C34H36O4/c35-20-22-37-32-16-14-28(24-30(32)26-10-4-1-5-11-26)34(18-8-3-9-19-34)29-15-17-33(38-23-21-36)31(25-29)27-12-6-2-7-13-27/h1-2,4-7,10-17,24-25,35-36H,3,8-9,18-23H2. The lowest BCUT2D eigenvalue weighted by Crippen LogP contribution is -2.30. The van der Waals surface area contributed by atoms with Gasteiger partial charge in [-0.25, -0.2) is 0 Å². The Bertz CT molecular complexity index is 1210. The predicted octanol–water partition coefficient (Wildman–Crippen LogP) is 7.01. The molecule has 4 heteroatoms. The quantitative estimate of drug-likeness (QED) is 0.242. The highest BCUT2D eigenvalue weighted by Crippen LogP contribution is 2.48. The lowest BCUT2D eigenvalue weighted by atomic mass is 9.64. The summed E-state index contributed by atoms with van der Waals surface area (Å²) in [5.41, 5.74) is 6.75. The molecule has 0 atom stereocenters. The molecule has 4 nitrogen and oxygen atoms in total. The summed E-state index contributed by atoms with van der Waals surface area (Å²) in [6, 6.07) is 33.8. The second-order valence-electron chi connectivity index (χ2n) is 9.94. The molecule has 1 saturated carbocycles. The molecular formula is C34H36O4. The number of benzene rings is 4. The monoisotopic (exact) mass is 508 g/mol. The van der Waals surface area contributed by atoms with Crippen LogP contribution in [0.1, 0.15) is 43.2 Å². The van der Waals surface area contributed by atoms with Gasteiger partial charge in [0, 0.05) is 16.5 Å². The first-order valence-corrected chi connectivity index (χ1v) is 13.6. The molecule has 1 aliphatic carbocycles. The average Bonchev–Trinajstić information content (AvgIpc) is 3.00. The predicted molar refractivity (Wildman–Crippen MR) is 153 cm³/mol. The Labute approximate surface area is 225 Å². The number of aliphatic hydroxyl groups excluding tert-OH is 2. The van der Waals surface area contributed by atoms with Crippen LogP contribution in [-0.2, 0) is 5.41 Å². The summed E-state index contributed by atoms with van der Waals surface area (Å²) in [7, 11) is 0. The Morgan fingerprint density at radius 3 is 1.42 bits per heavy atom. The maximum atomic E-state index is 9.38. The van der Waals surface area contributed by atoms with Crippen molar-refractivity contribution < 1.29 is 19.7 Å². The van der Waals surface area contributed by atoms with Gasteiger partial charge in [-0.2, -0.15) is 0 Å². The van der Waals surface area contributed by atoms with E-state index in [1.165, 1.54) is 30.4 Å². The van der Waals surface area contributed by atoms with Crippen molar-refractivity contribution in [1.29, 1.82) is 0 Å². The van der Waals surface area contributed by atoms with Crippen LogP contribution in [0.3, 0.4) is 0 Å². The Hall–Kier alpha value is -3.60. The molecule has 0 radical (unpaired) electrons. The average molecular weight is 509 g/mol. The topological polar surface area (TPSA) is 58.9 Å². The van der Waals surface area contributed by atoms with E-state index >= 15 is 0 Å². The maximum absolute atomic E-state index is 9.38. The van der Waals surface area contributed by atoms with E-state index in [1.807, 2.05) is 36.4 Å². The van der Waals surface area contributed by atoms with Crippen molar-refractivity contribution in [3.8, 4) is 33.8 Å². The fourth-order valence-corrected chi connectivity index (χ4v) is 5.80. The molecule has 0 aliphatic heterocycles. The Kier molecular flexibility index (Phi) is 8.42. The molecule has 4 aromatic carbocycles. The van der Waals surface area contributed by atoms with Crippen LogP contribution < -0.4 is 9.47 Å². The van der Waals surface area contributed by atoms with Gasteiger partial charge in [0.05, 0.1) is 13.2 Å². The van der Waals surface area contributed by atoms with Gasteiger partial charge in [-0.3, -0.25) is 0 Å². The van der Waals surface area contributed by atoms with Crippen molar-refractivity contribution >= 4 is 0 Å². The fourth-order valence-electron chi connectivity index (χ4n) is 5.80. The first kappa shape index (κ1) is 26.0. The van der Waals surface area contributed by atoms with Crippen molar-refractivity contribution in [1.82, 2.24) is 0 Å². The van der Waals surface area contributed by atoms with Crippen LogP contribution in [-0.4, -0.2) is 36.6 Å². The van der Waals surface area contributed by atoms with E-state index in [0.29, 0.717) is 0 Å². The van der Waals surface area contributed by atoms with E-state index in [9.17, 15) is 10.2 Å². The normalized spacial score (nSPS) is 14.7. The molecule has 0 spiro atoms. The highest BCUT2D eigenvalue weighted by atomic mass is 16.5. The molecule has 5 rings (SSSR count). The van der Waals surface area contributed by atoms with Gasteiger partial charge in [0.25, 0.3) is 0 Å². The Balaban J connectivity index is 1.65. The molecule has 1 fully saturated rings. The van der Waals surface area contributed by atoms with Gasteiger partial charge in [0.1, 0.15) is 24.7 Å². The molecule has 0 heterocycles. The third kappa shape index (κ3) is 5.47. The van der Waals surface area contributed by atoms with Gasteiger partial charge < -0.3 is 19.7 Å². The molecule has 0 bridgehead atoms. The van der Waals surface area contributed by atoms with Crippen molar-refractivity contribution in [2.75, 3.05) is 26.4 Å². The summed E-state index contributed by atoms with van der Waals surface area (Å²) in [4.78, 5) is 0. The van der Waals surface area contributed by atoms with Gasteiger partial charge >= 0.3 is 0 Å². The van der Waals surface area contributed by atoms with E-state index in [4.69, 9.17) is 9.47 Å². The molecule has 2 N–H and O–H groups in total. The molecule has 0 unspecified atom stereocenters. The van der Waals surface area contributed by atoms with Gasteiger partial charge in [0.15, 0.2) is 0 Å². The first-order chi connectivity index (χ1) is 18.7. The number of rotatable bonds is 10. The summed E-state index contributed by atoms with van der Waals surface area (Å²) in [5.74, 6) is 1.58. The summed E-state index contributed by atoms with van der Waals surface area (Å²) < 4.78 is 11.9. The summed E-state index contributed by atoms with van der Waals surface area (Å²) in [6.45, 7) is 0.486. The van der Waals surface area contributed by atoms with Crippen molar-refractivity contribution in [2.24, 2.45) is 0 Å². The number of ether oxygens (including phenoxy) is 2. The largest absolute Gasteiger partial charge is 0.491 e.